The van der Waals surface area contributed by atoms with Crippen LogP contribution in [0.4, 0.5) is 4.79 Å². The molecular weight excluding hydrogens is 436 g/mol. The van der Waals surface area contributed by atoms with Crippen LogP contribution in [0.15, 0.2) is 36.8 Å². The standard InChI is InChI=1S/C25H34N4O5/c1-15(2)9-16-7-6-8-17(10-16)11-18-13-29(24(33)28-18)21(22(30)31)20(19-12-26-14-27-19)23(32)34-25(3,4)5/h6-8,10,12,14-15,18,20-21H,9,11,13H2,1-5H3,(H,26,27)(H,28,33)(H,30,31)/t18-,20?,21-/m0/s1. The zero-order valence-corrected chi connectivity index (χ0v) is 20.4. The third-order valence-corrected chi connectivity index (χ3v) is 5.53. The number of aromatic amines is 1. The molecule has 1 aliphatic heterocycles. The van der Waals surface area contributed by atoms with Crippen molar-refractivity contribution in [3.63, 3.8) is 0 Å². The van der Waals surface area contributed by atoms with Gasteiger partial charge in [-0.25, -0.2) is 14.6 Å². The van der Waals surface area contributed by atoms with E-state index in [4.69, 9.17) is 4.74 Å². The van der Waals surface area contributed by atoms with Crippen molar-refractivity contribution in [2.75, 3.05) is 6.54 Å². The van der Waals surface area contributed by atoms with Gasteiger partial charge in [0.2, 0.25) is 0 Å². The molecule has 0 spiro atoms. The van der Waals surface area contributed by atoms with Crippen molar-refractivity contribution in [2.24, 2.45) is 5.92 Å². The van der Waals surface area contributed by atoms with Gasteiger partial charge in [-0.3, -0.25) is 4.79 Å². The highest BCUT2D eigenvalue weighted by Gasteiger charge is 2.47. The predicted octanol–water partition coefficient (Wildman–Crippen LogP) is 3.12. The number of aromatic nitrogens is 2. The van der Waals surface area contributed by atoms with Crippen LogP contribution < -0.4 is 5.32 Å². The molecule has 1 aliphatic rings. The fourth-order valence-electron chi connectivity index (χ4n) is 4.29. The van der Waals surface area contributed by atoms with Gasteiger partial charge in [-0.2, -0.15) is 0 Å². The molecule has 1 fully saturated rings. The lowest BCUT2D eigenvalue weighted by molar-refractivity contribution is -0.162. The Morgan fingerprint density at radius 2 is 1.97 bits per heavy atom. The second-order valence-electron chi connectivity index (χ2n) is 10.2. The van der Waals surface area contributed by atoms with E-state index in [9.17, 15) is 19.5 Å². The highest BCUT2D eigenvalue weighted by atomic mass is 16.6. The van der Waals surface area contributed by atoms with E-state index in [0.29, 0.717) is 12.3 Å². The van der Waals surface area contributed by atoms with Gasteiger partial charge < -0.3 is 25.0 Å². The van der Waals surface area contributed by atoms with Gasteiger partial charge in [0.05, 0.1) is 18.1 Å². The molecule has 2 aromatic rings. The average Bonchev–Trinajstić information content (AvgIpc) is 3.34. The molecule has 2 amide bonds. The summed E-state index contributed by atoms with van der Waals surface area (Å²) in [7, 11) is 0. The highest BCUT2D eigenvalue weighted by molar-refractivity contribution is 5.91. The Kier molecular flexibility index (Phi) is 7.64. The number of nitrogens with zero attached hydrogens (tertiary/aromatic N) is 2. The first-order valence-corrected chi connectivity index (χ1v) is 11.5. The molecule has 34 heavy (non-hydrogen) atoms. The van der Waals surface area contributed by atoms with Crippen molar-refractivity contribution < 1.29 is 24.2 Å². The topological polar surface area (TPSA) is 125 Å². The number of rotatable bonds is 9. The third-order valence-electron chi connectivity index (χ3n) is 5.53. The Balaban J connectivity index is 1.83. The largest absolute Gasteiger partial charge is 0.480 e. The maximum absolute atomic E-state index is 13.1. The fourth-order valence-corrected chi connectivity index (χ4v) is 4.29. The lowest BCUT2D eigenvalue weighted by atomic mass is 9.94. The lowest BCUT2D eigenvalue weighted by Crippen LogP contribution is -2.50. The monoisotopic (exact) mass is 470 g/mol. The first-order valence-electron chi connectivity index (χ1n) is 11.5. The van der Waals surface area contributed by atoms with E-state index in [-0.39, 0.29) is 18.3 Å². The minimum absolute atomic E-state index is 0.147. The summed E-state index contributed by atoms with van der Waals surface area (Å²) < 4.78 is 5.50. The van der Waals surface area contributed by atoms with Gasteiger partial charge in [-0.05, 0) is 50.7 Å². The summed E-state index contributed by atoms with van der Waals surface area (Å²) in [6.45, 7) is 9.58. The number of nitrogens with one attached hydrogen (secondary N) is 2. The number of carboxylic acid groups (broad SMARTS) is 1. The van der Waals surface area contributed by atoms with Gasteiger partial charge in [0.25, 0.3) is 0 Å². The molecule has 1 saturated heterocycles. The Bertz CT molecular complexity index is 1010. The number of carbonyl (C=O) groups is 3. The quantitative estimate of drug-likeness (QED) is 0.484. The van der Waals surface area contributed by atoms with Gasteiger partial charge in [0.1, 0.15) is 17.6 Å². The minimum atomic E-state index is -1.46. The number of carboxylic acids is 1. The lowest BCUT2D eigenvalue weighted by Gasteiger charge is -2.31. The number of aliphatic carboxylic acids is 1. The number of benzene rings is 1. The van der Waals surface area contributed by atoms with Crippen LogP contribution in [0.1, 0.15) is 57.4 Å². The summed E-state index contributed by atoms with van der Waals surface area (Å²) in [5.41, 5.74) is 1.67. The molecule has 9 heteroatoms. The summed E-state index contributed by atoms with van der Waals surface area (Å²) in [4.78, 5) is 46.4. The van der Waals surface area contributed by atoms with Crippen molar-refractivity contribution in [2.45, 2.75) is 71.1 Å². The molecule has 9 nitrogen and oxygen atoms in total. The van der Waals surface area contributed by atoms with Crippen LogP contribution in [0, 0.1) is 5.92 Å². The molecule has 0 bridgehead atoms. The Morgan fingerprint density at radius 3 is 2.56 bits per heavy atom. The van der Waals surface area contributed by atoms with Gasteiger partial charge in [0, 0.05) is 12.7 Å². The molecule has 0 aliphatic carbocycles. The van der Waals surface area contributed by atoms with Crippen molar-refractivity contribution in [1.82, 2.24) is 20.2 Å². The molecule has 0 saturated carbocycles. The maximum Gasteiger partial charge on any atom is 0.327 e. The number of amides is 2. The summed E-state index contributed by atoms with van der Waals surface area (Å²) in [6, 6.07) is 5.92. The second-order valence-corrected chi connectivity index (χ2v) is 10.2. The molecule has 0 radical (unpaired) electrons. The molecule has 1 unspecified atom stereocenters. The summed E-state index contributed by atoms with van der Waals surface area (Å²) in [5, 5.41) is 13.0. The summed E-state index contributed by atoms with van der Waals surface area (Å²) >= 11 is 0. The predicted molar refractivity (Wildman–Crippen MR) is 126 cm³/mol. The molecule has 3 atom stereocenters. The number of hydrogen-bond donors (Lipinski definition) is 3. The van der Waals surface area contributed by atoms with Crippen molar-refractivity contribution in [3.05, 3.63) is 53.6 Å². The van der Waals surface area contributed by atoms with Crippen molar-refractivity contribution in [1.29, 1.82) is 0 Å². The first-order chi connectivity index (χ1) is 15.9. The van der Waals surface area contributed by atoms with Crippen LogP contribution in [0.2, 0.25) is 0 Å². The third kappa shape index (κ3) is 6.36. The van der Waals surface area contributed by atoms with E-state index in [0.717, 1.165) is 12.0 Å². The molecule has 3 rings (SSSR count). The van der Waals surface area contributed by atoms with Crippen molar-refractivity contribution >= 4 is 18.0 Å². The van der Waals surface area contributed by atoms with Crippen LogP contribution in [0.3, 0.4) is 0 Å². The zero-order valence-electron chi connectivity index (χ0n) is 20.4. The molecule has 1 aromatic heterocycles. The number of carbonyl (C=O) groups excluding carboxylic acids is 2. The zero-order chi connectivity index (χ0) is 25.0. The molecule has 2 heterocycles. The van der Waals surface area contributed by atoms with E-state index >= 15 is 0 Å². The minimum Gasteiger partial charge on any atom is -0.480 e. The van der Waals surface area contributed by atoms with E-state index in [1.165, 1.54) is 23.0 Å². The SMILES string of the molecule is CC(C)Cc1cccc(C[C@H]2CN([C@H](C(=O)O)C(C(=O)OC(C)(C)C)c3c[nH]cn3)C(=O)N2)c1. The summed E-state index contributed by atoms with van der Waals surface area (Å²) in [6.07, 6.45) is 4.33. The Morgan fingerprint density at radius 1 is 1.26 bits per heavy atom. The Labute approximate surface area is 199 Å². The normalized spacial score (nSPS) is 18.0. The number of esters is 1. The highest BCUT2D eigenvalue weighted by Crippen LogP contribution is 2.28. The van der Waals surface area contributed by atoms with E-state index in [2.05, 4.69) is 41.3 Å². The molecule has 3 N–H and O–H groups in total. The Hall–Kier alpha value is -3.36. The second kappa shape index (κ2) is 10.3. The number of imidazole rings is 1. The number of ether oxygens (including phenoxy) is 1. The van der Waals surface area contributed by atoms with Crippen LogP contribution >= 0.6 is 0 Å². The van der Waals surface area contributed by atoms with Crippen molar-refractivity contribution in [3.8, 4) is 0 Å². The molecular formula is C25H34N4O5. The smallest absolute Gasteiger partial charge is 0.327 e. The number of H-pyrrole nitrogens is 1. The van der Waals surface area contributed by atoms with Crippen LogP contribution in [0.5, 0.6) is 0 Å². The van der Waals surface area contributed by atoms with Crippen LogP contribution in [0.25, 0.3) is 0 Å². The average molecular weight is 471 g/mol. The number of urea groups is 1. The first kappa shape index (κ1) is 25.3. The van der Waals surface area contributed by atoms with E-state index in [1.54, 1.807) is 20.8 Å². The van der Waals surface area contributed by atoms with Gasteiger partial charge in [-0.15, -0.1) is 0 Å². The van der Waals surface area contributed by atoms with E-state index in [1.807, 2.05) is 12.1 Å². The van der Waals surface area contributed by atoms with E-state index < -0.39 is 35.5 Å². The van der Waals surface area contributed by atoms with Gasteiger partial charge >= 0.3 is 18.0 Å². The van der Waals surface area contributed by atoms with Crippen LogP contribution in [-0.2, 0) is 27.2 Å². The van der Waals surface area contributed by atoms with Gasteiger partial charge in [-0.1, -0.05) is 38.1 Å². The molecule has 184 valence electrons. The summed E-state index contributed by atoms with van der Waals surface area (Å²) in [5.74, 6) is -2.79. The maximum atomic E-state index is 13.1. The molecule has 1 aromatic carbocycles. The van der Waals surface area contributed by atoms with Gasteiger partial charge in [0.15, 0.2) is 0 Å². The number of hydrogen-bond acceptors (Lipinski definition) is 5. The van der Waals surface area contributed by atoms with Crippen LogP contribution in [-0.4, -0.2) is 62.2 Å². The fraction of sp³-hybridized carbons (Fsp3) is 0.520.